The molecule has 0 aliphatic carbocycles. The number of aromatic nitrogens is 1. The van der Waals surface area contributed by atoms with Gasteiger partial charge in [0.15, 0.2) is 11.4 Å². The third-order valence-electron chi connectivity index (χ3n) is 6.94. The molecule has 36 heavy (non-hydrogen) atoms. The molecule has 180 valence electrons. The third-order valence-corrected chi connectivity index (χ3v) is 6.94. The minimum Gasteiger partial charge on any atom is -0.422 e. The van der Waals surface area contributed by atoms with Crippen LogP contribution < -0.4 is 5.63 Å². The van der Waals surface area contributed by atoms with Crippen LogP contribution in [0, 0.1) is 25.7 Å². The standard InChI is InChI=1S/C28H23BF2N2O3/c1-17-10-19(3)32-25(17)15-26-18(2)11-24(33(26)29(32,30)31)8-7-21-12-22-13-23-16-35-9-5-4-6-20(23)14-27(22)36-28(21)34/h7-8,10-15H,5,9,16H2,1-3H3/b8-7+. The molecule has 0 atom stereocenters. The maximum atomic E-state index is 15.8. The maximum Gasteiger partial charge on any atom is 0.737 e. The molecule has 2 aromatic heterocycles. The number of aryl methyl sites for hydroxylation is 2. The molecule has 0 saturated carbocycles. The predicted octanol–water partition coefficient (Wildman–Crippen LogP) is 5.19. The molecule has 0 amide bonds. The first-order valence-electron chi connectivity index (χ1n) is 11.9. The Hall–Kier alpha value is -3.96. The van der Waals surface area contributed by atoms with Gasteiger partial charge in [-0.2, -0.15) is 0 Å². The summed E-state index contributed by atoms with van der Waals surface area (Å²) in [4.78, 5) is 12.7. The van der Waals surface area contributed by atoms with E-state index in [1.54, 1.807) is 43.4 Å². The molecule has 3 aromatic rings. The number of nitrogens with zero attached hydrogens (tertiary/aromatic N) is 2. The van der Waals surface area contributed by atoms with Crippen LogP contribution in [-0.4, -0.2) is 28.3 Å². The first-order chi connectivity index (χ1) is 17.2. The Labute approximate surface area is 206 Å². The maximum absolute atomic E-state index is 15.8. The van der Waals surface area contributed by atoms with Crippen molar-refractivity contribution in [1.82, 2.24) is 4.48 Å². The Morgan fingerprint density at radius 1 is 1.11 bits per heavy atom. The predicted molar refractivity (Wildman–Crippen MR) is 137 cm³/mol. The first kappa shape index (κ1) is 22.5. The third kappa shape index (κ3) is 3.42. The number of benzene rings is 1. The number of hydrogen-bond acceptors (Lipinski definition) is 3. The molecule has 0 bridgehead atoms. The van der Waals surface area contributed by atoms with Gasteiger partial charge in [-0.1, -0.05) is 11.8 Å². The molecule has 0 N–H and O–H groups in total. The van der Waals surface area contributed by atoms with Gasteiger partial charge in [0.2, 0.25) is 0 Å². The molecule has 0 saturated heterocycles. The highest BCUT2D eigenvalue weighted by Gasteiger charge is 2.53. The Kier molecular flexibility index (Phi) is 5.03. The lowest BCUT2D eigenvalue weighted by molar-refractivity contribution is -0.361. The zero-order valence-corrected chi connectivity index (χ0v) is 20.2. The van der Waals surface area contributed by atoms with Crippen LogP contribution in [0.25, 0.3) is 23.1 Å². The van der Waals surface area contributed by atoms with Crippen molar-refractivity contribution in [1.29, 1.82) is 0 Å². The highest BCUT2D eigenvalue weighted by atomic mass is 19.2. The Balaban J connectivity index is 1.44. The second-order valence-electron chi connectivity index (χ2n) is 9.44. The van der Waals surface area contributed by atoms with Crippen molar-refractivity contribution >= 4 is 35.8 Å². The van der Waals surface area contributed by atoms with Crippen LogP contribution in [-0.2, 0) is 11.3 Å². The summed E-state index contributed by atoms with van der Waals surface area (Å²) in [6.45, 7) is 2.24. The molecule has 0 unspecified atom stereocenters. The number of fused-ring (bicyclic) bond motifs is 4. The van der Waals surface area contributed by atoms with Gasteiger partial charge in [-0.25, -0.2) is 4.79 Å². The van der Waals surface area contributed by atoms with Gasteiger partial charge in [0.25, 0.3) is 0 Å². The molecule has 3 aliphatic rings. The minimum absolute atomic E-state index is 0.276. The summed E-state index contributed by atoms with van der Waals surface area (Å²) in [5.41, 5.74) is 5.24. The van der Waals surface area contributed by atoms with Crippen molar-refractivity contribution in [3.05, 3.63) is 91.7 Å². The average molecular weight is 484 g/mol. The zero-order valence-electron chi connectivity index (χ0n) is 20.2. The molecule has 1 aromatic carbocycles. The van der Waals surface area contributed by atoms with E-state index in [2.05, 4.69) is 11.8 Å². The smallest absolute Gasteiger partial charge is 0.422 e. The summed E-state index contributed by atoms with van der Waals surface area (Å²) >= 11 is 0. The average Bonchev–Trinajstić information content (AvgIpc) is 3.29. The molecule has 5 heterocycles. The van der Waals surface area contributed by atoms with Crippen molar-refractivity contribution in [2.75, 3.05) is 6.61 Å². The van der Waals surface area contributed by atoms with Crippen molar-refractivity contribution in [3.63, 3.8) is 0 Å². The molecule has 0 spiro atoms. The molecule has 6 rings (SSSR count). The monoisotopic (exact) mass is 484 g/mol. The molecular formula is C28H23BF2N2O3. The Morgan fingerprint density at radius 3 is 2.78 bits per heavy atom. The van der Waals surface area contributed by atoms with E-state index in [1.807, 2.05) is 19.9 Å². The summed E-state index contributed by atoms with van der Waals surface area (Å²) in [5.74, 6) is 6.15. The number of rotatable bonds is 2. The first-order valence-corrected chi connectivity index (χ1v) is 11.9. The SMILES string of the molecule is CC1=CC(/C=C/c2cc3cc4c(cc3oc2=O)C#CCCOC4)=[N+]2C1=Cc1c(C)cc(C)n1[B-]2(F)F. The summed E-state index contributed by atoms with van der Waals surface area (Å²) in [5, 5.41) is 0.721. The fourth-order valence-electron chi connectivity index (χ4n) is 5.25. The van der Waals surface area contributed by atoms with Crippen LogP contribution in [0.4, 0.5) is 8.63 Å². The lowest BCUT2D eigenvalue weighted by atomic mass is 9.89. The lowest BCUT2D eigenvalue weighted by Gasteiger charge is -2.30. The molecule has 5 nitrogen and oxygen atoms in total. The largest absolute Gasteiger partial charge is 0.737 e. The van der Waals surface area contributed by atoms with Gasteiger partial charge in [0, 0.05) is 46.9 Å². The van der Waals surface area contributed by atoms with Gasteiger partial charge in [0.05, 0.1) is 18.8 Å². The number of ether oxygens (including phenoxy) is 1. The van der Waals surface area contributed by atoms with Crippen molar-refractivity contribution < 1.29 is 22.3 Å². The fraction of sp³-hybridized carbons (Fsp3) is 0.214. The summed E-state index contributed by atoms with van der Waals surface area (Å²) < 4.78 is 45.0. The normalized spacial score (nSPS) is 18.1. The van der Waals surface area contributed by atoms with E-state index < -0.39 is 12.6 Å². The number of allylic oxidation sites excluding steroid dienone is 3. The highest BCUT2D eigenvalue weighted by molar-refractivity contribution is 6.58. The Morgan fingerprint density at radius 2 is 1.94 bits per heavy atom. The van der Waals surface area contributed by atoms with Crippen LogP contribution in [0.15, 0.2) is 56.9 Å². The molecule has 0 radical (unpaired) electrons. The van der Waals surface area contributed by atoms with Crippen LogP contribution >= 0.6 is 0 Å². The molecule has 0 fully saturated rings. The van der Waals surface area contributed by atoms with Gasteiger partial charge in [-0.05, 0) is 67.9 Å². The van der Waals surface area contributed by atoms with E-state index in [4.69, 9.17) is 9.15 Å². The van der Waals surface area contributed by atoms with E-state index in [1.165, 1.54) is 6.08 Å². The van der Waals surface area contributed by atoms with Crippen LogP contribution in [0.2, 0.25) is 0 Å². The number of halogens is 2. The van der Waals surface area contributed by atoms with Crippen molar-refractivity contribution in [2.45, 2.75) is 33.8 Å². The second kappa shape index (κ2) is 8.04. The van der Waals surface area contributed by atoms with Crippen LogP contribution in [0.3, 0.4) is 0 Å². The highest BCUT2D eigenvalue weighted by Crippen LogP contribution is 2.36. The van der Waals surface area contributed by atoms with Crippen LogP contribution in [0.5, 0.6) is 0 Å². The van der Waals surface area contributed by atoms with Crippen molar-refractivity contribution in [2.24, 2.45) is 0 Å². The van der Waals surface area contributed by atoms with E-state index in [0.29, 0.717) is 48.0 Å². The molecule has 8 heteroatoms. The summed E-state index contributed by atoms with van der Waals surface area (Å²) in [6, 6.07) is 7.15. The Bertz CT molecular complexity index is 1720. The van der Waals surface area contributed by atoms with E-state index in [-0.39, 0.29) is 5.56 Å². The summed E-state index contributed by atoms with van der Waals surface area (Å²) in [6.07, 6.45) is 7.26. The molecule has 3 aliphatic heterocycles. The van der Waals surface area contributed by atoms with Gasteiger partial charge in [-0.3, -0.25) is 0 Å². The van der Waals surface area contributed by atoms with Gasteiger partial charge >= 0.3 is 12.6 Å². The van der Waals surface area contributed by atoms with E-state index in [0.717, 1.165) is 36.6 Å². The van der Waals surface area contributed by atoms with Gasteiger partial charge in [-0.15, -0.1) is 0 Å². The molecular weight excluding hydrogens is 461 g/mol. The van der Waals surface area contributed by atoms with Gasteiger partial charge in [0.1, 0.15) is 5.58 Å². The second-order valence-corrected chi connectivity index (χ2v) is 9.44. The van der Waals surface area contributed by atoms with Crippen molar-refractivity contribution in [3.8, 4) is 11.8 Å². The number of hydrogen-bond donors (Lipinski definition) is 0. The quantitative estimate of drug-likeness (QED) is 0.286. The minimum atomic E-state index is -4.10. The van der Waals surface area contributed by atoms with E-state index in [9.17, 15) is 4.79 Å². The summed E-state index contributed by atoms with van der Waals surface area (Å²) in [7, 11) is 0. The zero-order chi connectivity index (χ0) is 25.2. The topological polar surface area (TPSA) is 47.4 Å². The fourth-order valence-corrected chi connectivity index (χ4v) is 5.25. The van der Waals surface area contributed by atoms with Gasteiger partial charge < -0.3 is 26.7 Å². The van der Waals surface area contributed by atoms with E-state index >= 15 is 8.63 Å². The van der Waals surface area contributed by atoms with Crippen LogP contribution in [0.1, 0.15) is 47.0 Å². The lowest BCUT2D eigenvalue weighted by Crippen LogP contribution is -2.50.